The highest BCUT2D eigenvalue weighted by molar-refractivity contribution is 7.90. The first-order valence-electron chi connectivity index (χ1n) is 7.56. The zero-order chi connectivity index (χ0) is 16.4. The Hall–Kier alpha value is -1.07. The summed E-state index contributed by atoms with van der Waals surface area (Å²) in [6, 6.07) is 6.87. The van der Waals surface area contributed by atoms with E-state index in [1.807, 2.05) is 0 Å². The number of aliphatic carboxylic acids is 1. The van der Waals surface area contributed by atoms with Gasteiger partial charge in [-0.3, -0.25) is 4.79 Å². The molecule has 22 heavy (non-hydrogen) atoms. The number of sulfone groups is 1. The highest BCUT2D eigenvalue weighted by Crippen LogP contribution is 2.14. The standard InChI is InChI=1S/C16H23ClO4S/c17-15-10-8-14(9-11-15)13-22(20,21)12-6-4-2-1-3-5-7-16(18)19/h8-11H,1-7,12-13H2,(H,18,19). The number of halogens is 1. The maximum Gasteiger partial charge on any atom is 0.303 e. The maximum atomic E-state index is 12.0. The number of hydrogen-bond donors (Lipinski definition) is 1. The van der Waals surface area contributed by atoms with Gasteiger partial charge in [-0.1, -0.05) is 49.4 Å². The molecule has 124 valence electrons. The van der Waals surface area contributed by atoms with Crippen LogP contribution in [0.1, 0.15) is 50.5 Å². The van der Waals surface area contributed by atoms with Crippen molar-refractivity contribution in [3.8, 4) is 0 Å². The van der Waals surface area contributed by atoms with Gasteiger partial charge in [0.1, 0.15) is 0 Å². The van der Waals surface area contributed by atoms with Crippen molar-refractivity contribution in [1.82, 2.24) is 0 Å². The summed E-state index contributed by atoms with van der Waals surface area (Å²) in [5, 5.41) is 9.11. The Morgan fingerprint density at radius 1 is 0.955 bits per heavy atom. The van der Waals surface area contributed by atoms with Crippen molar-refractivity contribution in [1.29, 1.82) is 0 Å². The van der Waals surface area contributed by atoms with Crippen LogP contribution in [0.2, 0.25) is 5.02 Å². The van der Waals surface area contributed by atoms with Crippen LogP contribution in [0.5, 0.6) is 0 Å². The fourth-order valence-electron chi connectivity index (χ4n) is 2.21. The van der Waals surface area contributed by atoms with Gasteiger partial charge < -0.3 is 5.11 Å². The lowest BCUT2D eigenvalue weighted by molar-refractivity contribution is -0.137. The lowest BCUT2D eigenvalue weighted by Gasteiger charge is -2.05. The van der Waals surface area contributed by atoms with Gasteiger partial charge in [0, 0.05) is 11.4 Å². The number of benzene rings is 1. The lowest BCUT2D eigenvalue weighted by atomic mass is 10.1. The fraction of sp³-hybridized carbons (Fsp3) is 0.562. The summed E-state index contributed by atoms with van der Waals surface area (Å²) in [5.41, 5.74) is 0.762. The summed E-state index contributed by atoms with van der Waals surface area (Å²) in [5.74, 6) is -0.499. The molecule has 1 aromatic rings. The SMILES string of the molecule is O=C(O)CCCCCCCCS(=O)(=O)Cc1ccc(Cl)cc1. The Labute approximate surface area is 137 Å². The van der Waals surface area contributed by atoms with Gasteiger partial charge in [0.25, 0.3) is 0 Å². The minimum absolute atomic E-state index is 0.0583. The number of carboxylic acid groups (broad SMARTS) is 1. The summed E-state index contributed by atoms with van der Waals surface area (Å²) < 4.78 is 24.0. The van der Waals surface area contributed by atoms with Crippen LogP contribution in [0.25, 0.3) is 0 Å². The van der Waals surface area contributed by atoms with E-state index in [2.05, 4.69) is 0 Å². The van der Waals surface area contributed by atoms with Gasteiger partial charge in [0.05, 0.1) is 11.5 Å². The molecule has 0 aliphatic rings. The quantitative estimate of drug-likeness (QED) is 0.613. The van der Waals surface area contributed by atoms with E-state index in [0.29, 0.717) is 17.9 Å². The lowest BCUT2D eigenvalue weighted by Crippen LogP contribution is -2.09. The van der Waals surface area contributed by atoms with E-state index in [4.69, 9.17) is 16.7 Å². The molecule has 0 aliphatic carbocycles. The number of rotatable bonds is 11. The van der Waals surface area contributed by atoms with Crippen molar-refractivity contribution >= 4 is 27.4 Å². The first-order valence-corrected chi connectivity index (χ1v) is 9.76. The summed E-state index contributed by atoms with van der Waals surface area (Å²) in [4.78, 5) is 10.3. The molecule has 4 nitrogen and oxygen atoms in total. The molecule has 0 radical (unpaired) electrons. The minimum atomic E-state index is -3.08. The predicted molar refractivity (Wildman–Crippen MR) is 88.9 cm³/mol. The van der Waals surface area contributed by atoms with Crippen molar-refractivity contribution in [2.24, 2.45) is 0 Å². The topological polar surface area (TPSA) is 71.4 Å². The fourth-order valence-corrected chi connectivity index (χ4v) is 3.83. The number of unbranched alkanes of at least 4 members (excludes halogenated alkanes) is 5. The third-order valence-electron chi connectivity index (χ3n) is 3.40. The minimum Gasteiger partial charge on any atom is -0.481 e. The third-order valence-corrected chi connectivity index (χ3v) is 5.33. The second-order valence-electron chi connectivity index (χ2n) is 5.48. The summed E-state index contributed by atoms with van der Waals surface area (Å²) in [6.45, 7) is 0. The van der Waals surface area contributed by atoms with E-state index in [1.165, 1.54) is 0 Å². The van der Waals surface area contributed by atoms with Crippen molar-refractivity contribution in [3.63, 3.8) is 0 Å². The second-order valence-corrected chi connectivity index (χ2v) is 8.10. The molecule has 0 bridgehead atoms. The van der Waals surface area contributed by atoms with Crippen LogP contribution in [-0.4, -0.2) is 25.2 Å². The van der Waals surface area contributed by atoms with Gasteiger partial charge in [0.2, 0.25) is 0 Å². The average Bonchev–Trinajstić information content (AvgIpc) is 2.43. The first kappa shape index (κ1) is 19.0. The molecule has 0 saturated heterocycles. The van der Waals surface area contributed by atoms with Crippen LogP contribution >= 0.6 is 11.6 Å². The van der Waals surface area contributed by atoms with Crippen LogP contribution in [-0.2, 0) is 20.4 Å². The number of hydrogen-bond acceptors (Lipinski definition) is 3. The summed E-state index contributed by atoms with van der Waals surface area (Å²) in [6.07, 6.45) is 5.26. The van der Waals surface area contributed by atoms with E-state index in [1.54, 1.807) is 24.3 Å². The molecule has 0 amide bonds. The zero-order valence-electron chi connectivity index (χ0n) is 12.6. The molecular weight excluding hydrogens is 324 g/mol. The average molecular weight is 347 g/mol. The van der Waals surface area contributed by atoms with E-state index < -0.39 is 15.8 Å². The van der Waals surface area contributed by atoms with Gasteiger partial charge in [-0.15, -0.1) is 0 Å². The third kappa shape index (κ3) is 9.05. The molecule has 0 atom stereocenters. The molecule has 0 saturated carbocycles. The monoisotopic (exact) mass is 346 g/mol. The van der Waals surface area contributed by atoms with Crippen molar-refractivity contribution in [3.05, 3.63) is 34.9 Å². The van der Waals surface area contributed by atoms with Gasteiger partial charge in [-0.2, -0.15) is 0 Å². The summed E-state index contributed by atoms with van der Waals surface area (Å²) >= 11 is 5.77. The largest absolute Gasteiger partial charge is 0.481 e. The molecule has 0 heterocycles. The van der Waals surface area contributed by atoms with E-state index in [-0.39, 0.29) is 17.9 Å². The Balaban J connectivity index is 2.15. The van der Waals surface area contributed by atoms with Crippen LogP contribution < -0.4 is 0 Å². The smallest absolute Gasteiger partial charge is 0.303 e. The van der Waals surface area contributed by atoms with E-state index in [0.717, 1.165) is 31.2 Å². The molecule has 1 rings (SSSR count). The van der Waals surface area contributed by atoms with Gasteiger partial charge >= 0.3 is 5.97 Å². The molecule has 0 unspecified atom stereocenters. The normalized spacial score (nSPS) is 11.5. The molecule has 6 heteroatoms. The molecular formula is C16H23ClO4S. The highest BCUT2D eigenvalue weighted by atomic mass is 35.5. The van der Waals surface area contributed by atoms with E-state index in [9.17, 15) is 13.2 Å². The second kappa shape index (κ2) is 9.85. The van der Waals surface area contributed by atoms with Crippen LogP contribution in [0.3, 0.4) is 0 Å². The van der Waals surface area contributed by atoms with E-state index >= 15 is 0 Å². The van der Waals surface area contributed by atoms with Crippen LogP contribution in [0.4, 0.5) is 0 Å². The number of carbonyl (C=O) groups is 1. The summed E-state index contributed by atoms with van der Waals surface area (Å²) in [7, 11) is -3.08. The van der Waals surface area contributed by atoms with Crippen molar-refractivity contribution < 1.29 is 18.3 Å². The zero-order valence-corrected chi connectivity index (χ0v) is 14.2. The van der Waals surface area contributed by atoms with Crippen LogP contribution in [0, 0.1) is 0 Å². The first-order chi connectivity index (χ1) is 10.4. The molecule has 0 fully saturated rings. The molecule has 0 aromatic heterocycles. The predicted octanol–water partition coefficient (Wildman–Crippen LogP) is 4.07. The maximum absolute atomic E-state index is 12.0. The molecule has 1 aromatic carbocycles. The molecule has 1 N–H and O–H groups in total. The molecule has 0 spiro atoms. The Kier molecular flexibility index (Phi) is 8.49. The Morgan fingerprint density at radius 2 is 1.50 bits per heavy atom. The van der Waals surface area contributed by atoms with Crippen molar-refractivity contribution in [2.45, 2.75) is 50.7 Å². The van der Waals surface area contributed by atoms with Gasteiger partial charge in [-0.25, -0.2) is 8.42 Å². The van der Waals surface area contributed by atoms with Gasteiger partial charge in [-0.05, 0) is 30.5 Å². The van der Waals surface area contributed by atoms with Gasteiger partial charge in [0.15, 0.2) is 9.84 Å². The Morgan fingerprint density at radius 3 is 2.09 bits per heavy atom. The molecule has 0 aliphatic heterocycles. The van der Waals surface area contributed by atoms with Crippen LogP contribution in [0.15, 0.2) is 24.3 Å². The highest BCUT2D eigenvalue weighted by Gasteiger charge is 2.11. The number of carboxylic acids is 1. The van der Waals surface area contributed by atoms with Crippen molar-refractivity contribution in [2.75, 3.05) is 5.75 Å². The Bertz CT molecular complexity index is 552.